The van der Waals surface area contributed by atoms with Crippen LogP contribution in [0.1, 0.15) is 52.6 Å². The lowest BCUT2D eigenvalue weighted by Crippen LogP contribution is -2.18. The van der Waals surface area contributed by atoms with E-state index >= 15 is 0 Å². The van der Waals surface area contributed by atoms with E-state index in [1.54, 1.807) is 18.2 Å². The molecule has 4 nitrogen and oxygen atoms in total. The van der Waals surface area contributed by atoms with Crippen LogP contribution in [-0.2, 0) is 5.41 Å². The Morgan fingerprint density at radius 2 is 1.45 bits per heavy atom. The van der Waals surface area contributed by atoms with Gasteiger partial charge >= 0.3 is 5.97 Å². The van der Waals surface area contributed by atoms with Crippen LogP contribution < -0.4 is 5.73 Å². The van der Waals surface area contributed by atoms with E-state index in [2.05, 4.69) is 0 Å². The number of nitrogens with two attached hydrogens (primary N) is 1. The molecule has 0 bridgehead atoms. The second-order valence-corrected chi connectivity index (χ2v) is 6.20. The molecule has 2 aromatic rings. The Hall–Kier alpha value is -2.62. The van der Waals surface area contributed by atoms with Gasteiger partial charge in [-0.15, -0.1) is 0 Å². The number of aromatic carboxylic acids is 1. The highest BCUT2D eigenvalue weighted by atomic mass is 16.4. The molecule has 0 saturated heterocycles. The minimum absolute atomic E-state index is 0.00344. The first-order valence-corrected chi connectivity index (χ1v) is 6.99. The fourth-order valence-electron chi connectivity index (χ4n) is 2.43. The number of ketones is 1. The van der Waals surface area contributed by atoms with Gasteiger partial charge < -0.3 is 10.8 Å². The summed E-state index contributed by atoms with van der Waals surface area (Å²) in [6.45, 7) is 6.07. The predicted molar refractivity (Wildman–Crippen MR) is 86.4 cm³/mol. The fourth-order valence-corrected chi connectivity index (χ4v) is 2.43. The molecule has 22 heavy (non-hydrogen) atoms. The molecule has 0 fully saturated rings. The first-order chi connectivity index (χ1) is 10.2. The molecule has 0 unspecified atom stereocenters. The molecule has 114 valence electrons. The summed E-state index contributed by atoms with van der Waals surface area (Å²) in [6, 6.07) is 11.8. The number of carboxylic acid groups (broad SMARTS) is 1. The standard InChI is InChI=1S/C18H19NO3/c1-18(2,3)14-10-5-4-7-11(14)16(20)12-8-6-9-13(15(12)19)17(21)22/h4-10H,19H2,1-3H3,(H,21,22). The zero-order valence-electron chi connectivity index (χ0n) is 12.9. The van der Waals surface area contributed by atoms with E-state index in [0.29, 0.717) is 5.56 Å². The lowest BCUT2D eigenvalue weighted by molar-refractivity contribution is 0.0698. The average molecular weight is 297 g/mol. The van der Waals surface area contributed by atoms with Gasteiger partial charge in [0.05, 0.1) is 11.3 Å². The van der Waals surface area contributed by atoms with Crippen LogP contribution in [0.3, 0.4) is 0 Å². The molecule has 2 aromatic carbocycles. The van der Waals surface area contributed by atoms with E-state index in [1.807, 2.05) is 32.9 Å². The summed E-state index contributed by atoms with van der Waals surface area (Å²) in [4.78, 5) is 24.0. The SMILES string of the molecule is CC(C)(C)c1ccccc1C(=O)c1cccc(C(=O)O)c1N. The number of para-hydroxylation sites is 1. The summed E-state index contributed by atoms with van der Waals surface area (Å²) in [7, 11) is 0. The van der Waals surface area contributed by atoms with Crippen molar-refractivity contribution in [2.45, 2.75) is 26.2 Å². The fraction of sp³-hybridized carbons (Fsp3) is 0.222. The molecule has 0 saturated carbocycles. The minimum atomic E-state index is -1.14. The molecule has 0 spiro atoms. The van der Waals surface area contributed by atoms with Crippen molar-refractivity contribution in [3.63, 3.8) is 0 Å². The summed E-state index contributed by atoms with van der Waals surface area (Å²) in [5.41, 5.74) is 7.29. The van der Waals surface area contributed by atoms with E-state index in [4.69, 9.17) is 10.8 Å². The lowest BCUT2D eigenvalue weighted by Gasteiger charge is -2.22. The van der Waals surface area contributed by atoms with Gasteiger partial charge in [0.1, 0.15) is 0 Å². The van der Waals surface area contributed by atoms with E-state index in [0.717, 1.165) is 5.56 Å². The van der Waals surface area contributed by atoms with Gasteiger partial charge in [-0.3, -0.25) is 4.79 Å². The smallest absolute Gasteiger partial charge is 0.337 e. The van der Waals surface area contributed by atoms with Gasteiger partial charge in [0, 0.05) is 11.1 Å². The summed E-state index contributed by atoms with van der Waals surface area (Å²) in [5.74, 6) is -1.40. The zero-order valence-corrected chi connectivity index (χ0v) is 12.9. The Morgan fingerprint density at radius 3 is 2.05 bits per heavy atom. The molecular formula is C18H19NO3. The molecular weight excluding hydrogens is 278 g/mol. The van der Waals surface area contributed by atoms with Crippen molar-refractivity contribution in [2.75, 3.05) is 5.73 Å². The number of benzene rings is 2. The van der Waals surface area contributed by atoms with Crippen molar-refractivity contribution in [3.8, 4) is 0 Å². The average Bonchev–Trinajstić information content (AvgIpc) is 2.45. The first-order valence-electron chi connectivity index (χ1n) is 6.99. The highest BCUT2D eigenvalue weighted by molar-refractivity contribution is 6.15. The zero-order chi connectivity index (χ0) is 16.5. The van der Waals surface area contributed by atoms with Gasteiger partial charge in [-0.05, 0) is 23.1 Å². The van der Waals surface area contributed by atoms with Crippen molar-refractivity contribution in [1.82, 2.24) is 0 Å². The number of carbonyl (C=O) groups is 2. The maximum atomic E-state index is 12.8. The van der Waals surface area contributed by atoms with Crippen LogP contribution in [0.4, 0.5) is 5.69 Å². The van der Waals surface area contributed by atoms with Crippen molar-refractivity contribution in [1.29, 1.82) is 0 Å². The Balaban J connectivity index is 2.60. The normalized spacial score (nSPS) is 11.2. The van der Waals surface area contributed by atoms with Gasteiger partial charge in [-0.1, -0.05) is 51.1 Å². The highest BCUT2D eigenvalue weighted by Crippen LogP contribution is 2.29. The van der Waals surface area contributed by atoms with Crippen LogP contribution in [0.25, 0.3) is 0 Å². The largest absolute Gasteiger partial charge is 0.478 e. The second-order valence-electron chi connectivity index (χ2n) is 6.20. The number of hydrogen-bond donors (Lipinski definition) is 2. The molecule has 0 radical (unpaired) electrons. The van der Waals surface area contributed by atoms with Crippen molar-refractivity contribution >= 4 is 17.4 Å². The quantitative estimate of drug-likeness (QED) is 0.671. The van der Waals surface area contributed by atoms with Crippen LogP contribution in [0, 0.1) is 0 Å². The summed E-state index contributed by atoms with van der Waals surface area (Å²) in [5, 5.41) is 9.13. The van der Waals surface area contributed by atoms with E-state index in [1.165, 1.54) is 12.1 Å². The molecule has 3 N–H and O–H groups in total. The lowest BCUT2D eigenvalue weighted by atomic mass is 9.81. The first kappa shape index (κ1) is 15.8. The Morgan fingerprint density at radius 1 is 0.909 bits per heavy atom. The van der Waals surface area contributed by atoms with Crippen molar-refractivity contribution in [3.05, 3.63) is 64.7 Å². The third kappa shape index (κ3) is 2.86. The van der Waals surface area contributed by atoms with Crippen LogP contribution in [0.2, 0.25) is 0 Å². The van der Waals surface area contributed by atoms with Crippen molar-refractivity contribution < 1.29 is 14.7 Å². The Labute approximate surface area is 129 Å². The van der Waals surface area contributed by atoms with Gasteiger partial charge in [0.25, 0.3) is 0 Å². The minimum Gasteiger partial charge on any atom is -0.478 e. The molecule has 0 aliphatic rings. The summed E-state index contributed by atoms with van der Waals surface area (Å²) < 4.78 is 0. The van der Waals surface area contributed by atoms with Gasteiger partial charge in [-0.2, -0.15) is 0 Å². The van der Waals surface area contributed by atoms with E-state index in [9.17, 15) is 9.59 Å². The maximum Gasteiger partial charge on any atom is 0.337 e. The molecule has 0 aliphatic heterocycles. The molecule has 2 rings (SSSR count). The van der Waals surface area contributed by atoms with Crippen LogP contribution >= 0.6 is 0 Å². The number of carbonyl (C=O) groups excluding carboxylic acids is 1. The summed E-state index contributed by atoms with van der Waals surface area (Å²) in [6.07, 6.45) is 0. The van der Waals surface area contributed by atoms with Crippen molar-refractivity contribution in [2.24, 2.45) is 0 Å². The third-order valence-electron chi connectivity index (χ3n) is 3.56. The molecule has 0 heterocycles. The van der Waals surface area contributed by atoms with Crippen LogP contribution in [0.5, 0.6) is 0 Å². The van der Waals surface area contributed by atoms with E-state index < -0.39 is 5.97 Å². The Kier molecular flexibility index (Phi) is 4.04. The number of rotatable bonds is 3. The second kappa shape index (κ2) is 5.64. The predicted octanol–water partition coefficient (Wildman–Crippen LogP) is 3.50. The maximum absolute atomic E-state index is 12.8. The van der Waals surface area contributed by atoms with Gasteiger partial charge in [0.2, 0.25) is 0 Å². The topological polar surface area (TPSA) is 80.4 Å². The van der Waals surface area contributed by atoms with Crippen LogP contribution in [0.15, 0.2) is 42.5 Å². The number of hydrogen-bond acceptors (Lipinski definition) is 3. The molecule has 0 amide bonds. The molecule has 4 heteroatoms. The van der Waals surface area contributed by atoms with Crippen LogP contribution in [-0.4, -0.2) is 16.9 Å². The highest BCUT2D eigenvalue weighted by Gasteiger charge is 2.24. The monoisotopic (exact) mass is 297 g/mol. The van der Waals surface area contributed by atoms with Gasteiger partial charge in [0.15, 0.2) is 5.78 Å². The number of nitrogen functional groups attached to an aromatic ring is 1. The molecule has 0 aliphatic carbocycles. The molecule has 0 aromatic heterocycles. The van der Waals surface area contributed by atoms with E-state index in [-0.39, 0.29) is 28.0 Å². The summed E-state index contributed by atoms with van der Waals surface area (Å²) >= 11 is 0. The Bertz CT molecular complexity index is 742. The third-order valence-corrected chi connectivity index (χ3v) is 3.56. The van der Waals surface area contributed by atoms with Gasteiger partial charge in [-0.25, -0.2) is 4.79 Å². The number of anilines is 1. The number of carboxylic acids is 1. The molecule has 0 atom stereocenters.